The Balaban J connectivity index is 1.94. The Hall–Kier alpha value is -2.68. The van der Waals surface area contributed by atoms with Gasteiger partial charge in [-0.15, -0.1) is 0 Å². The lowest BCUT2D eigenvalue weighted by Gasteiger charge is -2.17. The molecule has 0 fully saturated rings. The Kier molecular flexibility index (Phi) is 6.60. The smallest absolute Gasteiger partial charge is 0.202 e. The molecule has 4 aromatic rings. The van der Waals surface area contributed by atoms with Crippen LogP contribution in [0.1, 0.15) is 5.56 Å². The maximum Gasteiger partial charge on any atom is 0.202 e. The molecule has 0 heterocycles. The molecule has 0 aromatic heterocycles. The molecule has 4 aromatic carbocycles. The largest absolute Gasteiger partial charge is 0.484 e. The van der Waals surface area contributed by atoms with Crippen molar-refractivity contribution in [3.63, 3.8) is 0 Å². The highest BCUT2D eigenvalue weighted by atomic mass is 79.9. The van der Waals surface area contributed by atoms with Gasteiger partial charge < -0.3 is 4.74 Å². The summed E-state index contributed by atoms with van der Waals surface area (Å²) in [5.74, 6) is -28.5. The van der Waals surface area contributed by atoms with Crippen LogP contribution in [0.4, 0.5) is 52.7 Å². The molecule has 190 valence electrons. The third-order valence-electron chi connectivity index (χ3n) is 5.09. The van der Waals surface area contributed by atoms with Crippen molar-refractivity contribution in [2.45, 2.75) is 6.61 Å². The number of ether oxygens (including phenoxy) is 1. The van der Waals surface area contributed by atoms with E-state index in [0.29, 0.717) is 0 Å². The molecule has 0 unspecified atom stereocenters. The third-order valence-corrected chi connectivity index (χ3v) is 6.72. The summed E-state index contributed by atoms with van der Waals surface area (Å²) >= 11 is 5.06. The van der Waals surface area contributed by atoms with E-state index < -0.39 is 118 Å². The van der Waals surface area contributed by atoms with Gasteiger partial charge in [-0.05, 0) is 31.9 Å². The van der Waals surface area contributed by atoms with Gasteiger partial charge in [0.2, 0.25) is 5.82 Å². The molecule has 0 radical (unpaired) electrons. The minimum atomic E-state index is -2.45. The second-order valence-corrected chi connectivity index (χ2v) is 8.58. The van der Waals surface area contributed by atoms with Gasteiger partial charge in [0.25, 0.3) is 0 Å². The zero-order valence-corrected chi connectivity index (χ0v) is 19.6. The fourth-order valence-corrected chi connectivity index (χ4v) is 4.72. The minimum Gasteiger partial charge on any atom is -0.484 e. The van der Waals surface area contributed by atoms with Gasteiger partial charge in [-0.3, -0.25) is 0 Å². The molecule has 0 spiro atoms. The Morgan fingerprint density at radius 1 is 0.389 bits per heavy atom. The summed E-state index contributed by atoms with van der Waals surface area (Å²) in [7, 11) is 0. The highest BCUT2D eigenvalue weighted by molar-refractivity contribution is 9.11. The lowest BCUT2D eigenvalue weighted by molar-refractivity contribution is 0.275. The number of benzene rings is 4. The summed E-state index contributed by atoms with van der Waals surface area (Å²) < 4.78 is 172. The fraction of sp³-hybridized carbons (Fsp3) is 0.0476. The van der Waals surface area contributed by atoms with Crippen LogP contribution >= 0.6 is 31.9 Å². The van der Waals surface area contributed by atoms with Gasteiger partial charge in [0.05, 0.1) is 15.2 Å². The predicted octanol–water partition coefficient (Wildman–Crippen LogP) is 8.77. The highest BCUT2D eigenvalue weighted by Gasteiger charge is 2.32. The van der Waals surface area contributed by atoms with E-state index in [-0.39, 0.29) is 0 Å². The molecule has 0 atom stereocenters. The van der Waals surface area contributed by atoms with Gasteiger partial charge in [0.15, 0.2) is 69.7 Å². The Morgan fingerprint density at radius 2 is 0.722 bits per heavy atom. The highest BCUT2D eigenvalue weighted by Crippen LogP contribution is 2.43. The van der Waals surface area contributed by atoms with E-state index in [1.54, 1.807) is 0 Å². The van der Waals surface area contributed by atoms with Crippen molar-refractivity contribution in [1.82, 2.24) is 0 Å². The summed E-state index contributed by atoms with van der Waals surface area (Å²) in [6, 6.07) is 0. The average molecular weight is 658 g/mol. The van der Waals surface area contributed by atoms with Crippen LogP contribution in [0.25, 0.3) is 21.5 Å². The van der Waals surface area contributed by atoms with Gasteiger partial charge >= 0.3 is 0 Å². The second kappa shape index (κ2) is 9.01. The van der Waals surface area contributed by atoms with Crippen molar-refractivity contribution in [2.24, 2.45) is 0 Å². The van der Waals surface area contributed by atoms with Crippen LogP contribution in [-0.2, 0) is 6.61 Å². The van der Waals surface area contributed by atoms with Crippen molar-refractivity contribution < 1.29 is 57.4 Å². The number of fused-ring (bicyclic) bond motifs is 2. The quantitative estimate of drug-likeness (QED) is 0.122. The van der Waals surface area contributed by atoms with Gasteiger partial charge in [0, 0.05) is 20.8 Å². The predicted molar refractivity (Wildman–Crippen MR) is 107 cm³/mol. The van der Waals surface area contributed by atoms with Crippen molar-refractivity contribution in [3.05, 3.63) is 84.3 Å². The van der Waals surface area contributed by atoms with Crippen LogP contribution in [0.5, 0.6) is 5.75 Å². The van der Waals surface area contributed by atoms with Crippen molar-refractivity contribution >= 4 is 53.4 Å². The summed E-state index contributed by atoms with van der Waals surface area (Å²) in [6.45, 7) is -1.40. The third kappa shape index (κ3) is 3.53. The number of rotatable bonds is 3. The summed E-state index contributed by atoms with van der Waals surface area (Å²) in [5, 5.41) is -5.96. The maximum absolute atomic E-state index is 14.6. The molecule has 1 nitrogen and oxygen atoms in total. The molecular weight excluding hydrogens is 656 g/mol. The molecule has 0 saturated carbocycles. The van der Waals surface area contributed by atoms with Gasteiger partial charge in [-0.2, -0.15) is 4.39 Å². The lowest BCUT2D eigenvalue weighted by atomic mass is 10.0. The molecule has 0 bridgehead atoms. The van der Waals surface area contributed by atoms with Crippen LogP contribution in [0.15, 0.2) is 8.95 Å². The topological polar surface area (TPSA) is 9.23 Å². The van der Waals surface area contributed by atoms with Crippen molar-refractivity contribution in [1.29, 1.82) is 0 Å². The standard InChI is InChI=1S/C21H2Br2F12O/c22-7-2(9(24)12(27)5-3(7)10(25)16(31)18(33)13(5)28)1-36-21-8(23)4-6(15(30)20(21)35)14(29)19(34)17(32)11(4)26/h1H2. The minimum absolute atomic E-state index is 0.935. The average Bonchev–Trinajstić information content (AvgIpc) is 2.84. The first kappa shape index (κ1) is 26.4. The molecule has 4 rings (SSSR count). The lowest BCUT2D eigenvalue weighted by Crippen LogP contribution is -2.09. The maximum atomic E-state index is 14.6. The molecule has 0 saturated heterocycles. The molecular formula is C21H2Br2F12O. The van der Waals surface area contributed by atoms with Crippen LogP contribution in [0.2, 0.25) is 0 Å². The van der Waals surface area contributed by atoms with E-state index in [2.05, 4.69) is 31.9 Å². The summed E-state index contributed by atoms with van der Waals surface area (Å²) in [5.41, 5.74) is -1.10. The molecule has 0 aliphatic rings. The van der Waals surface area contributed by atoms with Gasteiger partial charge in [-0.25, -0.2) is 48.3 Å². The van der Waals surface area contributed by atoms with E-state index in [1.807, 2.05) is 0 Å². The van der Waals surface area contributed by atoms with E-state index in [1.165, 1.54) is 0 Å². The Bertz CT molecular complexity index is 1520. The number of hydrogen-bond acceptors (Lipinski definition) is 1. The van der Waals surface area contributed by atoms with Gasteiger partial charge in [-0.1, -0.05) is 0 Å². The summed E-state index contributed by atoms with van der Waals surface area (Å²) in [4.78, 5) is 0. The zero-order chi connectivity index (χ0) is 27.0. The monoisotopic (exact) mass is 656 g/mol. The van der Waals surface area contributed by atoms with Crippen molar-refractivity contribution in [3.8, 4) is 5.75 Å². The molecule has 15 heteroatoms. The zero-order valence-electron chi connectivity index (χ0n) is 16.4. The van der Waals surface area contributed by atoms with Crippen LogP contribution < -0.4 is 4.74 Å². The SMILES string of the molecule is Fc1c(F)c(F)c2c(Br)c(COc3c(F)c(F)c4c(F)c(F)c(F)c(F)c4c3Br)c(F)c(F)c2c1F. The Labute approximate surface area is 207 Å². The molecule has 36 heavy (non-hydrogen) atoms. The first-order valence-corrected chi connectivity index (χ1v) is 10.6. The van der Waals surface area contributed by atoms with E-state index in [9.17, 15) is 52.7 Å². The first-order chi connectivity index (χ1) is 16.7. The Morgan fingerprint density at radius 3 is 1.17 bits per heavy atom. The van der Waals surface area contributed by atoms with Crippen LogP contribution in [0.3, 0.4) is 0 Å². The van der Waals surface area contributed by atoms with Crippen molar-refractivity contribution in [2.75, 3.05) is 0 Å². The molecule has 0 N–H and O–H groups in total. The fourth-order valence-electron chi connectivity index (χ4n) is 3.39. The van der Waals surface area contributed by atoms with Gasteiger partial charge in [0.1, 0.15) is 6.61 Å². The molecule has 0 aliphatic carbocycles. The van der Waals surface area contributed by atoms with E-state index in [4.69, 9.17) is 4.74 Å². The van der Waals surface area contributed by atoms with Crippen LogP contribution in [0, 0.1) is 69.8 Å². The first-order valence-electron chi connectivity index (χ1n) is 8.99. The molecule has 0 aliphatic heterocycles. The van der Waals surface area contributed by atoms with Crippen LogP contribution in [-0.4, -0.2) is 0 Å². The summed E-state index contributed by atoms with van der Waals surface area (Å²) in [6.07, 6.45) is 0. The second-order valence-electron chi connectivity index (χ2n) is 6.99. The number of halogens is 14. The van der Waals surface area contributed by atoms with E-state index >= 15 is 0 Å². The molecule has 0 amide bonds. The number of hydrogen-bond donors (Lipinski definition) is 0. The van der Waals surface area contributed by atoms with E-state index in [0.717, 1.165) is 0 Å². The normalized spacial score (nSPS) is 11.7.